The summed E-state index contributed by atoms with van der Waals surface area (Å²) in [4.78, 5) is 20.7. The van der Waals surface area contributed by atoms with Crippen molar-refractivity contribution in [2.24, 2.45) is 0 Å². The highest BCUT2D eigenvalue weighted by molar-refractivity contribution is 6.29. The van der Waals surface area contributed by atoms with Gasteiger partial charge in [-0.15, -0.1) is 0 Å². The Morgan fingerprint density at radius 2 is 2.18 bits per heavy atom. The first-order valence-electron chi connectivity index (χ1n) is 7.03. The van der Waals surface area contributed by atoms with Crippen LogP contribution in [0.4, 0.5) is 0 Å². The zero-order valence-electron chi connectivity index (χ0n) is 12.1. The smallest absolute Gasteiger partial charge is 0.251 e. The Balaban J connectivity index is 1.79. The van der Waals surface area contributed by atoms with Crippen molar-refractivity contribution in [1.29, 1.82) is 0 Å². The van der Waals surface area contributed by atoms with E-state index in [1.165, 1.54) is 0 Å². The molecule has 0 atom stereocenters. The molecule has 22 heavy (non-hydrogen) atoms. The number of amides is 1. The summed E-state index contributed by atoms with van der Waals surface area (Å²) in [5, 5.41) is 3.28. The molecule has 0 unspecified atom stereocenters. The highest BCUT2D eigenvalue weighted by Crippen LogP contribution is 2.21. The van der Waals surface area contributed by atoms with E-state index in [0.29, 0.717) is 17.4 Å². The number of pyridine rings is 1. The van der Waals surface area contributed by atoms with Gasteiger partial charge < -0.3 is 9.88 Å². The van der Waals surface area contributed by atoms with Crippen LogP contribution in [0.1, 0.15) is 23.0 Å². The predicted molar refractivity (Wildman–Crippen MR) is 85.8 cm³/mol. The second-order valence-corrected chi connectivity index (χ2v) is 5.17. The molecule has 0 fully saturated rings. The number of carbonyl (C=O) groups excluding carboxylic acids is 1. The van der Waals surface area contributed by atoms with Gasteiger partial charge in [0, 0.05) is 18.3 Å². The average molecular weight is 315 g/mol. The van der Waals surface area contributed by atoms with Crippen LogP contribution in [0, 0.1) is 0 Å². The molecule has 1 amide bonds. The molecule has 2 aromatic heterocycles. The monoisotopic (exact) mass is 314 g/mol. The Labute approximate surface area is 133 Å². The van der Waals surface area contributed by atoms with Gasteiger partial charge in [0.15, 0.2) is 0 Å². The van der Waals surface area contributed by atoms with Crippen molar-refractivity contribution in [3.63, 3.8) is 0 Å². The lowest BCUT2D eigenvalue weighted by Gasteiger charge is -2.05. The summed E-state index contributed by atoms with van der Waals surface area (Å²) in [6.45, 7) is 3.13. The lowest BCUT2D eigenvalue weighted by Crippen LogP contribution is -2.23. The number of imidazole rings is 1. The molecule has 112 valence electrons. The van der Waals surface area contributed by atoms with Gasteiger partial charge >= 0.3 is 0 Å². The Morgan fingerprint density at radius 1 is 1.32 bits per heavy atom. The third-order valence-corrected chi connectivity index (χ3v) is 3.72. The van der Waals surface area contributed by atoms with Crippen molar-refractivity contribution < 1.29 is 4.79 Å². The molecule has 6 heteroatoms. The largest absolute Gasteiger partial charge is 0.346 e. The predicted octanol–water partition coefficient (Wildman–Crippen LogP) is 3.03. The Kier molecular flexibility index (Phi) is 4.06. The molecule has 0 aliphatic carbocycles. The highest BCUT2D eigenvalue weighted by Gasteiger charge is 2.11. The number of nitrogens with one attached hydrogen (secondary N) is 1. The summed E-state index contributed by atoms with van der Waals surface area (Å²) in [5.74, 6) is -0.158. The van der Waals surface area contributed by atoms with Crippen molar-refractivity contribution in [2.45, 2.75) is 20.0 Å². The zero-order chi connectivity index (χ0) is 15.5. The summed E-state index contributed by atoms with van der Waals surface area (Å²) in [6, 6.07) is 11.0. The van der Waals surface area contributed by atoms with Crippen LogP contribution < -0.4 is 5.32 Å². The summed E-state index contributed by atoms with van der Waals surface area (Å²) >= 11 is 6.08. The van der Waals surface area contributed by atoms with E-state index in [9.17, 15) is 4.79 Å². The van der Waals surface area contributed by atoms with Crippen molar-refractivity contribution in [3.05, 3.63) is 59.1 Å². The van der Waals surface area contributed by atoms with E-state index in [2.05, 4.69) is 15.3 Å². The number of rotatable bonds is 4. The van der Waals surface area contributed by atoms with Gasteiger partial charge in [0.2, 0.25) is 5.28 Å². The zero-order valence-corrected chi connectivity index (χ0v) is 12.8. The van der Waals surface area contributed by atoms with Gasteiger partial charge in [-0.2, -0.15) is 0 Å². The van der Waals surface area contributed by atoms with Crippen LogP contribution in [-0.4, -0.2) is 20.4 Å². The first-order valence-corrected chi connectivity index (χ1v) is 7.40. The Hall–Kier alpha value is -2.40. The first kappa shape index (κ1) is 14.5. The fourth-order valence-electron chi connectivity index (χ4n) is 2.32. The molecule has 3 aromatic rings. The number of hydrogen-bond donors (Lipinski definition) is 1. The van der Waals surface area contributed by atoms with Gasteiger partial charge in [0.25, 0.3) is 5.91 Å². The average Bonchev–Trinajstić information content (AvgIpc) is 2.87. The van der Waals surface area contributed by atoms with E-state index in [1.807, 2.05) is 35.8 Å². The van der Waals surface area contributed by atoms with Crippen LogP contribution in [0.5, 0.6) is 0 Å². The van der Waals surface area contributed by atoms with Gasteiger partial charge in [-0.05, 0) is 48.9 Å². The number of aromatic nitrogens is 3. The SMILES string of the molecule is CCn1c(Cl)nc2cc(C(=O)NCc3ccccn3)ccc21. The molecule has 0 aliphatic rings. The van der Waals surface area contributed by atoms with Crippen LogP contribution in [0.2, 0.25) is 5.28 Å². The lowest BCUT2D eigenvalue weighted by atomic mass is 10.2. The number of carbonyl (C=O) groups is 1. The van der Waals surface area contributed by atoms with Gasteiger partial charge in [0.1, 0.15) is 0 Å². The fraction of sp³-hybridized carbons (Fsp3) is 0.188. The summed E-state index contributed by atoms with van der Waals surface area (Å²) in [7, 11) is 0. The maximum absolute atomic E-state index is 12.2. The molecule has 3 rings (SSSR count). The standard InChI is InChI=1S/C16H15ClN4O/c1-2-21-14-7-6-11(9-13(14)20-16(21)17)15(22)19-10-12-5-3-4-8-18-12/h3-9H,2,10H2,1H3,(H,19,22). The number of halogens is 1. The molecule has 1 N–H and O–H groups in total. The second-order valence-electron chi connectivity index (χ2n) is 4.83. The second kappa shape index (κ2) is 6.15. The molecule has 0 aliphatic heterocycles. The summed E-state index contributed by atoms with van der Waals surface area (Å²) in [5.41, 5.74) is 3.02. The highest BCUT2D eigenvalue weighted by atomic mass is 35.5. The summed E-state index contributed by atoms with van der Waals surface area (Å²) < 4.78 is 1.90. The molecule has 0 bridgehead atoms. The van der Waals surface area contributed by atoms with Crippen LogP contribution >= 0.6 is 11.6 Å². The van der Waals surface area contributed by atoms with Gasteiger partial charge in [0.05, 0.1) is 23.3 Å². The van der Waals surface area contributed by atoms with E-state index in [0.717, 1.165) is 23.3 Å². The number of nitrogens with zero attached hydrogens (tertiary/aromatic N) is 3. The maximum atomic E-state index is 12.2. The summed E-state index contributed by atoms with van der Waals surface area (Å²) in [6.07, 6.45) is 1.70. The van der Waals surface area contributed by atoms with Crippen LogP contribution in [0.25, 0.3) is 11.0 Å². The number of benzene rings is 1. The number of hydrogen-bond acceptors (Lipinski definition) is 3. The van der Waals surface area contributed by atoms with Gasteiger partial charge in [-0.1, -0.05) is 6.07 Å². The number of aryl methyl sites for hydroxylation is 1. The first-order chi connectivity index (χ1) is 10.7. The van der Waals surface area contributed by atoms with E-state index in [1.54, 1.807) is 18.3 Å². The molecule has 1 aromatic carbocycles. The van der Waals surface area contributed by atoms with Crippen LogP contribution in [0.15, 0.2) is 42.6 Å². The van der Waals surface area contributed by atoms with Crippen molar-refractivity contribution in [2.75, 3.05) is 0 Å². The topological polar surface area (TPSA) is 59.8 Å². The Bertz CT molecular complexity index is 814. The third-order valence-electron chi connectivity index (χ3n) is 3.44. The normalized spacial score (nSPS) is 10.8. The molecular formula is C16H15ClN4O. The lowest BCUT2D eigenvalue weighted by molar-refractivity contribution is 0.0950. The van der Waals surface area contributed by atoms with Crippen LogP contribution in [-0.2, 0) is 13.1 Å². The maximum Gasteiger partial charge on any atom is 0.251 e. The van der Waals surface area contributed by atoms with E-state index in [4.69, 9.17) is 11.6 Å². The molecule has 0 saturated carbocycles. The van der Waals surface area contributed by atoms with Crippen molar-refractivity contribution in [3.8, 4) is 0 Å². The minimum atomic E-state index is -0.158. The molecular weight excluding hydrogens is 300 g/mol. The molecule has 0 saturated heterocycles. The molecule has 5 nitrogen and oxygen atoms in total. The minimum absolute atomic E-state index is 0.158. The molecule has 2 heterocycles. The van der Waals surface area contributed by atoms with Crippen molar-refractivity contribution >= 4 is 28.5 Å². The Morgan fingerprint density at radius 3 is 2.91 bits per heavy atom. The van der Waals surface area contributed by atoms with Crippen molar-refractivity contribution in [1.82, 2.24) is 19.9 Å². The number of fused-ring (bicyclic) bond motifs is 1. The third kappa shape index (κ3) is 2.80. The van der Waals surface area contributed by atoms with E-state index < -0.39 is 0 Å². The van der Waals surface area contributed by atoms with Gasteiger partial charge in [-0.25, -0.2) is 4.98 Å². The van der Waals surface area contributed by atoms with E-state index >= 15 is 0 Å². The molecule has 0 radical (unpaired) electrons. The quantitative estimate of drug-likeness (QED) is 0.805. The minimum Gasteiger partial charge on any atom is -0.346 e. The van der Waals surface area contributed by atoms with Gasteiger partial charge in [-0.3, -0.25) is 9.78 Å². The van der Waals surface area contributed by atoms with E-state index in [-0.39, 0.29) is 5.91 Å². The van der Waals surface area contributed by atoms with Crippen LogP contribution in [0.3, 0.4) is 0 Å². The fourth-order valence-corrected chi connectivity index (χ4v) is 2.62. The molecule has 0 spiro atoms.